The maximum atomic E-state index is 10.5. The van der Waals surface area contributed by atoms with Crippen LogP contribution in [0.5, 0.6) is 0 Å². The van der Waals surface area contributed by atoms with E-state index in [2.05, 4.69) is 9.97 Å². The normalized spacial score (nSPS) is 10.3. The van der Waals surface area contributed by atoms with Gasteiger partial charge in [0.15, 0.2) is 0 Å². The van der Waals surface area contributed by atoms with Crippen LogP contribution >= 0.6 is 11.3 Å². The fraction of sp³-hybridized carbons (Fsp3) is 0. The highest BCUT2D eigenvalue weighted by Crippen LogP contribution is 2.22. The first kappa shape index (κ1) is 7.17. The Morgan fingerprint density at radius 1 is 1.58 bits per heavy atom. The zero-order valence-electron chi connectivity index (χ0n) is 5.89. The van der Waals surface area contributed by atoms with Gasteiger partial charge in [-0.05, 0) is 6.07 Å². The van der Waals surface area contributed by atoms with Crippen LogP contribution in [0.1, 0.15) is 9.67 Å². The lowest BCUT2D eigenvalue weighted by atomic mass is 10.4. The number of carboxylic acid groups (broad SMARTS) is 1. The van der Waals surface area contributed by atoms with Crippen molar-refractivity contribution >= 4 is 27.5 Å². The van der Waals surface area contributed by atoms with E-state index in [9.17, 15) is 4.79 Å². The number of nitrogens with zero attached hydrogens (tertiary/aromatic N) is 2. The molecule has 2 aromatic rings. The molecule has 0 aliphatic carbocycles. The van der Waals surface area contributed by atoms with Gasteiger partial charge in [-0.1, -0.05) is 0 Å². The Morgan fingerprint density at radius 2 is 2.42 bits per heavy atom. The first-order chi connectivity index (χ1) is 5.77. The summed E-state index contributed by atoms with van der Waals surface area (Å²) in [5.74, 6) is -0.919. The number of aromatic carboxylic acids is 1. The first-order valence-corrected chi connectivity index (χ1v) is 4.02. The SMILES string of the molecule is O=C(O)c1cc2ncncc2s1. The summed E-state index contributed by atoms with van der Waals surface area (Å²) < 4.78 is 0.801. The maximum Gasteiger partial charge on any atom is 0.345 e. The Labute approximate surface area is 71.5 Å². The van der Waals surface area contributed by atoms with Gasteiger partial charge in [0.2, 0.25) is 0 Å². The van der Waals surface area contributed by atoms with Gasteiger partial charge in [0, 0.05) is 6.20 Å². The number of thiophene rings is 1. The van der Waals surface area contributed by atoms with Crippen LogP contribution in [-0.2, 0) is 0 Å². The van der Waals surface area contributed by atoms with Gasteiger partial charge >= 0.3 is 5.97 Å². The molecule has 4 nitrogen and oxygen atoms in total. The average molecular weight is 180 g/mol. The summed E-state index contributed by atoms with van der Waals surface area (Å²) in [4.78, 5) is 18.5. The number of hydrogen-bond donors (Lipinski definition) is 1. The van der Waals surface area contributed by atoms with Crippen LogP contribution in [0.3, 0.4) is 0 Å². The van der Waals surface area contributed by atoms with E-state index in [4.69, 9.17) is 5.11 Å². The Bertz CT molecular complexity index is 405. The highest BCUT2D eigenvalue weighted by molar-refractivity contribution is 7.20. The first-order valence-electron chi connectivity index (χ1n) is 3.20. The molecule has 0 fully saturated rings. The Morgan fingerprint density at radius 3 is 3.08 bits per heavy atom. The zero-order chi connectivity index (χ0) is 8.55. The molecule has 0 spiro atoms. The van der Waals surface area contributed by atoms with Crippen LogP contribution in [-0.4, -0.2) is 21.0 Å². The largest absolute Gasteiger partial charge is 0.477 e. The van der Waals surface area contributed by atoms with Crippen LogP contribution in [0, 0.1) is 0 Å². The Hall–Kier alpha value is -1.49. The lowest BCUT2D eigenvalue weighted by Crippen LogP contribution is -1.89. The minimum Gasteiger partial charge on any atom is -0.477 e. The molecule has 2 heterocycles. The van der Waals surface area contributed by atoms with E-state index in [1.807, 2.05) is 0 Å². The van der Waals surface area contributed by atoms with Crippen LogP contribution in [0.4, 0.5) is 0 Å². The molecule has 0 aromatic carbocycles. The molecule has 0 saturated carbocycles. The molecule has 12 heavy (non-hydrogen) atoms. The van der Waals surface area contributed by atoms with Crippen LogP contribution in [0.25, 0.3) is 10.2 Å². The molecule has 2 aromatic heterocycles. The third-order valence-corrected chi connectivity index (χ3v) is 2.45. The van der Waals surface area contributed by atoms with Gasteiger partial charge < -0.3 is 5.11 Å². The number of carbonyl (C=O) groups is 1. The molecule has 0 unspecified atom stereocenters. The molecule has 2 rings (SSSR count). The lowest BCUT2D eigenvalue weighted by molar-refractivity contribution is 0.0702. The summed E-state index contributed by atoms with van der Waals surface area (Å²) in [5.41, 5.74) is 0.687. The van der Waals surface area contributed by atoms with Gasteiger partial charge in [-0.15, -0.1) is 11.3 Å². The van der Waals surface area contributed by atoms with E-state index >= 15 is 0 Å². The van der Waals surface area contributed by atoms with E-state index in [0.29, 0.717) is 10.4 Å². The second kappa shape index (κ2) is 2.53. The smallest absolute Gasteiger partial charge is 0.345 e. The predicted molar refractivity (Wildman–Crippen MR) is 44.4 cm³/mol. The summed E-state index contributed by atoms with van der Waals surface area (Å²) in [6, 6.07) is 1.55. The molecular formula is C7H4N2O2S. The molecule has 0 amide bonds. The average Bonchev–Trinajstić information content (AvgIpc) is 2.46. The second-order valence-corrected chi connectivity index (χ2v) is 3.27. The summed E-state index contributed by atoms with van der Waals surface area (Å²) in [6.45, 7) is 0. The minimum atomic E-state index is -0.919. The van der Waals surface area contributed by atoms with Crippen LogP contribution < -0.4 is 0 Å². The van der Waals surface area contributed by atoms with Crippen molar-refractivity contribution in [1.29, 1.82) is 0 Å². The van der Waals surface area contributed by atoms with Gasteiger partial charge in [0.1, 0.15) is 11.2 Å². The molecule has 0 radical (unpaired) electrons. The number of carboxylic acids is 1. The minimum absolute atomic E-state index is 0.297. The maximum absolute atomic E-state index is 10.5. The standard InChI is InChI=1S/C7H4N2O2S/c10-7(11)5-1-4-6(12-5)2-8-3-9-4/h1-3H,(H,10,11). The van der Waals surface area contributed by atoms with Crippen molar-refractivity contribution in [2.75, 3.05) is 0 Å². The third kappa shape index (κ3) is 1.04. The van der Waals surface area contributed by atoms with Gasteiger partial charge in [-0.3, -0.25) is 0 Å². The fourth-order valence-corrected chi connectivity index (χ4v) is 1.72. The fourth-order valence-electron chi connectivity index (χ4n) is 0.891. The van der Waals surface area contributed by atoms with Crippen LogP contribution in [0.15, 0.2) is 18.6 Å². The molecular weight excluding hydrogens is 176 g/mol. The van der Waals surface area contributed by atoms with Crippen molar-refractivity contribution in [1.82, 2.24) is 9.97 Å². The summed E-state index contributed by atoms with van der Waals surface area (Å²) in [7, 11) is 0. The van der Waals surface area contributed by atoms with Gasteiger partial charge in [0.25, 0.3) is 0 Å². The molecule has 0 atom stereocenters. The third-order valence-electron chi connectivity index (χ3n) is 1.41. The Balaban J connectivity index is 2.70. The number of aromatic nitrogens is 2. The van der Waals surface area contributed by atoms with Crippen molar-refractivity contribution in [2.45, 2.75) is 0 Å². The highest BCUT2D eigenvalue weighted by atomic mass is 32.1. The molecule has 60 valence electrons. The van der Waals surface area contributed by atoms with Crippen molar-refractivity contribution in [3.05, 3.63) is 23.5 Å². The topological polar surface area (TPSA) is 63.1 Å². The summed E-state index contributed by atoms with van der Waals surface area (Å²) in [6.07, 6.45) is 3.01. The number of hydrogen-bond acceptors (Lipinski definition) is 4. The van der Waals surface area contributed by atoms with E-state index in [-0.39, 0.29) is 0 Å². The molecule has 0 aliphatic rings. The number of fused-ring (bicyclic) bond motifs is 1. The lowest BCUT2D eigenvalue weighted by Gasteiger charge is -1.81. The molecule has 0 aliphatic heterocycles. The molecule has 1 N–H and O–H groups in total. The number of rotatable bonds is 1. The highest BCUT2D eigenvalue weighted by Gasteiger charge is 2.07. The van der Waals surface area contributed by atoms with E-state index in [1.165, 1.54) is 17.7 Å². The predicted octanol–water partition coefficient (Wildman–Crippen LogP) is 1.39. The van der Waals surface area contributed by atoms with E-state index < -0.39 is 5.97 Å². The Kier molecular flexibility index (Phi) is 1.51. The summed E-state index contributed by atoms with van der Waals surface area (Å²) >= 11 is 1.18. The second-order valence-electron chi connectivity index (χ2n) is 2.19. The molecule has 0 saturated heterocycles. The van der Waals surface area contributed by atoms with Crippen molar-refractivity contribution in [3.8, 4) is 0 Å². The van der Waals surface area contributed by atoms with Gasteiger partial charge in [-0.25, -0.2) is 14.8 Å². The van der Waals surface area contributed by atoms with Gasteiger partial charge in [-0.2, -0.15) is 0 Å². The van der Waals surface area contributed by atoms with Crippen molar-refractivity contribution in [3.63, 3.8) is 0 Å². The van der Waals surface area contributed by atoms with Gasteiger partial charge in [0.05, 0.1) is 10.2 Å². The monoisotopic (exact) mass is 180 g/mol. The molecule has 5 heteroatoms. The van der Waals surface area contributed by atoms with Crippen molar-refractivity contribution < 1.29 is 9.90 Å². The quantitative estimate of drug-likeness (QED) is 0.720. The zero-order valence-corrected chi connectivity index (χ0v) is 6.71. The van der Waals surface area contributed by atoms with Crippen LogP contribution in [0.2, 0.25) is 0 Å². The van der Waals surface area contributed by atoms with E-state index in [0.717, 1.165) is 4.70 Å². The van der Waals surface area contributed by atoms with Crippen molar-refractivity contribution in [2.24, 2.45) is 0 Å². The summed E-state index contributed by atoms with van der Waals surface area (Å²) in [5, 5.41) is 8.65. The van der Waals surface area contributed by atoms with E-state index in [1.54, 1.807) is 12.3 Å². The molecule has 0 bridgehead atoms.